The fourth-order valence-electron chi connectivity index (χ4n) is 8.83. The topological polar surface area (TPSA) is 158 Å². The van der Waals surface area contributed by atoms with Crippen molar-refractivity contribution in [2.75, 3.05) is 23.8 Å². The zero-order valence-corrected chi connectivity index (χ0v) is 41.3. The first-order valence-electron chi connectivity index (χ1n) is 23.8. The maximum absolute atomic E-state index is 14.1. The van der Waals surface area contributed by atoms with E-state index in [0.29, 0.717) is 59.2 Å². The molecule has 2 aliphatic carbocycles. The number of carbonyl (C=O) groups excluding carboxylic acids is 1. The highest BCUT2D eigenvalue weighted by atomic mass is 19.4. The molecule has 2 aromatic carbocycles. The van der Waals surface area contributed by atoms with Crippen molar-refractivity contribution in [1.29, 1.82) is 0 Å². The Kier molecular flexibility index (Phi) is 18.2. The number of benzene rings is 2. The summed E-state index contributed by atoms with van der Waals surface area (Å²) in [7, 11) is 0. The number of nitrogens with zero attached hydrogens (tertiary/aromatic N) is 4. The van der Waals surface area contributed by atoms with Crippen LogP contribution in [0.3, 0.4) is 0 Å². The second kappa shape index (κ2) is 23.0. The van der Waals surface area contributed by atoms with Gasteiger partial charge < -0.3 is 35.9 Å². The van der Waals surface area contributed by atoms with Crippen LogP contribution in [0.15, 0.2) is 60.9 Å². The van der Waals surface area contributed by atoms with Gasteiger partial charge in [0.1, 0.15) is 30.3 Å². The normalized spacial score (nSPS) is 16.6. The summed E-state index contributed by atoms with van der Waals surface area (Å²) in [6.07, 6.45) is 3.09. The monoisotopic (exact) mass is 973 g/mol. The van der Waals surface area contributed by atoms with Crippen LogP contribution in [0.1, 0.15) is 138 Å². The quantitative estimate of drug-likeness (QED) is 0.0746. The van der Waals surface area contributed by atoms with Gasteiger partial charge in [0.2, 0.25) is 11.9 Å². The molecule has 2 fully saturated rings. The van der Waals surface area contributed by atoms with E-state index in [2.05, 4.69) is 35.9 Å². The average Bonchev–Trinajstić information content (AvgIpc) is 3.95. The summed E-state index contributed by atoms with van der Waals surface area (Å²) < 4.78 is 100. The van der Waals surface area contributed by atoms with Crippen molar-refractivity contribution < 1.29 is 45.3 Å². The number of rotatable bonds is 17. The van der Waals surface area contributed by atoms with Gasteiger partial charge in [0.05, 0.1) is 28.1 Å². The van der Waals surface area contributed by atoms with Crippen molar-refractivity contribution in [3.05, 3.63) is 72.1 Å². The third-order valence-electron chi connectivity index (χ3n) is 11.5. The number of hydrogen-bond acceptors (Lipinski definition) is 11. The first-order chi connectivity index (χ1) is 32.2. The molecule has 1 amide bonds. The van der Waals surface area contributed by atoms with Crippen LogP contribution in [0.4, 0.5) is 43.0 Å². The number of anilines is 2. The number of alkyl carbamates (subject to hydrolysis) is 1. The first-order valence-corrected chi connectivity index (χ1v) is 23.8. The highest BCUT2D eigenvalue weighted by molar-refractivity contribution is 5.69. The van der Waals surface area contributed by atoms with Crippen LogP contribution in [0.5, 0.6) is 11.5 Å². The summed E-state index contributed by atoms with van der Waals surface area (Å²) in [6.45, 7) is 16.5. The number of carbonyl (C=O) groups is 1. The minimum atomic E-state index is -4.66. The van der Waals surface area contributed by atoms with Gasteiger partial charge in [-0.1, -0.05) is 53.4 Å². The van der Waals surface area contributed by atoms with Gasteiger partial charge in [0, 0.05) is 41.1 Å². The molecule has 4 aromatic rings. The third-order valence-corrected chi connectivity index (χ3v) is 11.5. The van der Waals surface area contributed by atoms with E-state index in [1.165, 1.54) is 18.3 Å². The molecule has 0 radical (unpaired) electrons. The number of ether oxygens (including phenoxy) is 3. The van der Waals surface area contributed by atoms with Gasteiger partial charge in [-0.25, -0.2) is 24.7 Å². The zero-order valence-electron chi connectivity index (χ0n) is 41.3. The Morgan fingerprint density at radius 3 is 1.46 bits per heavy atom. The van der Waals surface area contributed by atoms with E-state index in [1.54, 1.807) is 65.1 Å². The zero-order chi connectivity index (χ0) is 50.8. The molecule has 18 heteroatoms. The molecule has 0 aliphatic heterocycles. The lowest BCUT2D eigenvalue weighted by atomic mass is 9.91. The summed E-state index contributed by atoms with van der Waals surface area (Å²) in [6, 6.07) is 11.7. The van der Waals surface area contributed by atoms with Crippen molar-refractivity contribution >= 4 is 18.0 Å². The Bertz CT molecular complexity index is 2290. The fourth-order valence-corrected chi connectivity index (χ4v) is 8.83. The Balaban J connectivity index is 0.000000263. The highest BCUT2D eigenvalue weighted by Gasteiger charge is 2.38. The van der Waals surface area contributed by atoms with E-state index in [1.807, 2.05) is 27.7 Å². The molecular weight excluding hydrogens is 903 g/mol. The van der Waals surface area contributed by atoms with E-state index in [-0.39, 0.29) is 36.7 Å². The summed E-state index contributed by atoms with van der Waals surface area (Å²) in [4.78, 5) is 29.8. The molecule has 2 heterocycles. The highest BCUT2D eigenvalue weighted by Crippen LogP contribution is 2.41. The minimum Gasteiger partial charge on any atom is -0.491 e. The number of amides is 1. The van der Waals surface area contributed by atoms with Gasteiger partial charge in [-0.3, -0.25) is 0 Å². The summed E-state index contributed by atoms with van der Waals surface area (Å²) in [5, 5.41) is 9.34. The summed E-state index contributed by atoms with van der Waals surface area (Å²) in [5.41, 5.74) is 3.53. The standard InChI is InChI=1S/C28H39F3N4O3.C23H31F3N4O/c1-18(2)16-27(6,35-25(36)38-26(3,4)5)17-37-23-12-11-19(15-21(23)28(29,30)31)22-13-14-32-24(34-22)33-20-9-7-8-10-20;1-15(2)13-22(3,27)14-31-20-9-8-16(12-18(20)23(24,25)26)19-10-11-28-21(30-19)29-17-6-4-5-7-17/h11-15,18,20H,7-10,16-17H2,1-6H3,(H,35,36)(H,32,33,34);8-12,15,17H,4-7,13-14,27H2,1-3H3,(H,28,29,30)/t27-;22-/m00/s1. The van der Waals surface area contributed by atoms with E-state index in [0.717, 1.165) is 63.5 Å². The van der Waals surface area contributed by atoms with Gasteiger partial charge in [-0.15, -0.1) is 0 Å². The van der Waals surface area contributed by atoms with Crippen LogP contribution in [-0.2, 0) is 17.1 Å². The van der Waals surface area contributed by atoms with Gasteiger partial charge in [0.25, 0.3) is 0 Å². The predicted octanol–water partition coefficient (Wildman–Crippen LogP) is 12.9. The Morgan fingerprint density at radius 1 is 0.652 bits per heavy atom. The van der Waals surface area contributed by atoms with Crippen LogP contribution >= 0.6 is 0 Å². The smallest absolute Gasteiger partial charge is 0.419 e. The molecule has 2 aromatic heterocycles. The maximum atomic E-state index is 14.1. The molecular formula is C51H70F6N8O4. The number of halogens is 6. The number of hydrogen-bond donors (Lipinski definition) is 4. The van der Waals surface area contributed by atoms with Crippen molar-refractivity contribution in [2.24, 2.45) is 17.6 Å². The third kappa shape index (κ3) is 17.5. The van der Waals surface area contributed by atoms with Crippen molar-refractivity contribution in [2.45, 2.75) is 168 Å². The lowest BCUT2D eigenvalue weighted by molar-refractivity contribution is -0.139. The lowest BCUT2D eigenvalue weighted by Gasteiger charge is -2.33. The molecule has 5 N–H and O–H groups in total. The molecule has 380 valence electrons. The number of nitrogens with one attached hydrogen (secondary N) is 3. The number of nitrogens with two attached hydrogens (primary N) is 1. The number of aromatic nitrogens is 4. The molecule has 0 spiro atoms. The van der Waals surface area contributed by atoms with Crippen LogP contribution in [0.25, 0.3) is 22.5 Å². The molecule has 0 bridgehead atoms. The SMILES string of the molecule is CC(C)C[C@@](C)(COc1ccc(-c2ccnc(NC3CCCC3)n2)cc1C(F)(F)F)NC(=O)OC(C)(C)C.CC(C)C[C@](C)(N)COc1ccc(-c2ccnc(NC3CCCC3)n2)cc1C(F)(F)F. The molecule has 0 saturated heterocycles. The number of alkyl halides is 6. The average molecular weight is 973 g/mol. The minimum absolute atomic E-state index is 0.00340. The molecule has 2 aliphatic rings. The second-order valence-electron chi connectivity index (χ2n) is 20.8. The summed E-state index contributed by atoms with van der Waals surface area (Å²) in [5.74, 6) is 0.753. The first kappa shape index (κ1) is 54.5. The molecule has 2 atom stereocenters. The van der Waals surface area contributed by atoms with E-state index in [9.17, 15) is 31.1 Å². The van der Waals surface area contributed by atoms with Crippen molar-refractivity contribution in [1.82, 2.24) is 25.3 Å². The molecule has 2 saturated carbocycles. The largest absolute Gasteiger partial charge is 0.491 e. The van der Waals surface area contributed by atoms with Gasteiger partial charge in [-0.2, -0.15) is 26.3 Å². The van der Waals surface area contributed by atoms with Crippen molar-refractivity contribution in [3.8, 4) is 34.0 Å². The second-order valence-corrected chi connectivity index (χ2v) is 20.8. The Labute approximate surface area is 402 Å². The van der Waals surface area contributed by atoms with Crippen LogP contribution in [-0.4, -0.2) is 68.0 Å². The van der Waals surface area contributed by atoms with Gasteiger partial charge in [0.15, 0.2) is 0 Å². The molecule has 0 unspecified atom stereocenters. The van der Waals surface area contributed by atoms with E-state index in [4.69, 9.17) is 19.9 Å². The van der Waals surface area contributed by atoms with Gasteiger partial charge >= 0.3 is 18.4 Å². The van der Waals surface area contributed by atoms with E-state index < -0.39 is 46.3 Å². The molecule has 6 rings (SSSR count). The Morgan fingerprint density at radius 2 is 1.07 bits per heavy atom. The molecule has 69 heavy (non-hydrogen) atoms. The lowest BCUT2D eigenvalue weighted by Crippen LogP contribution is -2.52. The Hall–Kier alpha value is -5.39. The molecule has 12 nitrogen and oxygen atoms in total. The van der Waals surface area contributed by atoms with Crippen molar-refractivity contribution in [3.63, 3.8) is 0 Å². The van der Waals surface area contributed by atoms with Crippen LogP contribution in [0.2, 0.25) is 0 Å². The van der Waals surface area contributed by atoms with E-state index >= 15 is 0 Å². The fraction of sp³-hybridized carbons (Fsp3) is 0.588. The van der Waals surface area contributed by atoms with Gasteiger partial charge in [-0.05, 0) is 134 Å². The maximum Gasteiger partial charge on any atom is 0.419 e. The van der Waals surface area contributed by atoms with Crippen LogP contribution < -0.4 is 31.2 Å². The summed E-state index contributed by atoms with van der Waals surface area (Å²) >= 11 is 0. The van der Waals surface area contributed by atoms with Crippen LogP contribution in [0, 0.1) is 11.8 Å². The predicted molar refractivity (Wildman–Crippen MR) is 257 cm³/mol.